The lowest BCUT2D eigenvalue weighted by Crippen LogP contribution is -2.53. The molecule has 1 fully saturated rings. The van der Waals surface area contributed by atoms with Crippen LogP contribution in [-0.4, -0.2) is 54.2 Å². The van der Waals surface area contributed by atoms with Gasteiger partial charge in [0.05, 0.1) is 24.4 Å². The number of pyridine rings is 2. The van der Waals surface area contributed by atoms with Gasteiger partial charge in [-0.2, -0.15) is 0 Å². The molecule has 2 aliphatic rings. The highest BCUT2D eigenvalue weighted by Gasteiger charge is 2.29. The van der Waals surface area contributed by atoms with Gasteiger partial charge in [-0.3, -0.25) is 14.6 Å². The first kappa shape index (κ1) is 22.9. The summed E-state index contributed by atoms with van der Waals surface area (Å²) in [5.74, 6) is 1.61. The molecule has 0 unspecified atom stereocenters. The number of benzene rings is 1. The number of carbonyl (C=O) groups excluding carboxylic acids is 2. The molecule has 4 heterocycles. The van der Waals surface area contributed by atoms with Crippen LogP contribution < -0.4 is 30.2 Å². The molecule has 0 radical (unpaired) electrons. The molecule has 3 N–H and O–H groups in total. The van der Waals surface area contributed by atoms with Crippen LogP contribution in [0.4, 0.5) is 5.69 Å². The van der Waals surface area contributed by atoms with E-state index >= 15 is 0 Å². The largest absolute Gasteiger partial charge is 0.486 e. The third-order valence-corrected chi connectivity index (χ3v) is 6.10. The van der Waals surface area contributed by atoms with Gasteiger partial charge in [-0.1, -0.05) is 6.07 Å². The van der Waals surface area contributed by atoms with Crippen molar-refractivity contribution in [2.75, 3.05) is 25.6 Å². The summed E-state index contributed by atoms with van der Waals surface area (Å²) in [6, 6.07) is 10.4. The van der Waals surface area contributed by atoms with Crippen molar-refractivity contribution in [2.45, 2.75) is 37.9 Å². The standard InChI is InChI=1S/C25H27N5O5/c1-33-23-7-5-17-24(30-23)18(8-9-26-17)29-22(31)13-16-3-4-19(25(32)28-16)27-14-15-2-6-20-21(12-15)35-11-10-34-20/h2,5-9,12,16,19,27H,3-4,10-11,13-14H2,1H3,(H,28,32)(H,26,29,31)/t16-,19-/m1/s1. The molecule has 1 saturated heterocycles. The van der Waals surface area contributed by atoms with Gasteiger partial charge in [0.1, 0.15) is 18.7 Å². The first-order valence-electron chi connectivity index (χ1n) is 11.6. The summed E-state index contributed by atoms with van der Waals surface area (Å²) >= 11 is 0. The Morgan fingerprint density at radius 3 is 2.83 bits per heavy atom. The van der Waals surface area contributed by atoms with Crippen LogP contribution in [0.3, 0.4) is 0 Å². The predicted octanol–water partition coefficient (Wildman–Crippen LogP) is 2.18. The first-order valence-corrected chi connectivity index (χ1v) is 11.6. The Bertz CT molecular complexity index is 1250. The number of hydrogen-bond acceptors (Lipinski definition) is 8. The lowest BCUT2D eigenvalue weighted by Gasteiger charge is -2.29. The van der Waals surface area contributed by atoms with Crippen LogP contribution >= 0.6 is 0 Å². The molecular formula is C25H27N5O5. The quantitative estimate of drug-likeness (QED) is 0.473. The van der Waals surface area contributed by atoms with E-state index in [0.29, 0.717) is 55.2 Å². The highest BCUT2D eigenvalue weighted by Crippen LogP contribution is 2.30. The zero-order chi connectivity index (χ0) is 24.2. The molecule has 0 aliphatic carbocycles. The van der Waals surface area contributed by atoms with Gasteiger partial charge < -0.3 is 30.2 Å². The van der Waals surface area contributed by atoms with Crippen LogP contribution in [0.5, 0.6) is 17.4 Å². The van der Waals surface area contributed by atoms with Crippen LogP contribution in [-0.2, 0) is 16.1 Å². The average molecular weight is 478 g/mol. The van der Waals surface area contributed by atoms with E-state index in [2.05, 4.69) is 25.9 Å². The van der Waals surface area contributed by atoms with E-state index < -0.39 is 0 Å². The van der Waals surface area contributed by atoms with Gasteiger partial charge in [0, 0.05) is 31.3 Å². The van der Waals surface area contributed by atoms with E-state index in [1.165, 1.54) is 7.11 Å². The predicted molar refractivity (Wildman–Crippen MR) is 129 cm³/mol. The molecule has 1 aromatic carbocycles. The second kappa shape index (κ2) is 10.1. The minimum absolute atomic E-state index is 0.104. The summed E-state index contributed by atoms with van der Waals surface area (Å²) < 4.78 is 16.4. The summed E-state index contributed by atoms with van der Waals surface area (Å²) in [6.07, 6.45) is 3.13. The highest BCUT2D eigenvalue weighted by atomic mass is 16.6. The summed E-state index contributed by atoms with van der Waals surface area (Å²) in [7, 11) is 1.53. The number of fused-ring (bicyclic) bond motifs is 2. The number of nitrogens with one attached hydrogen (secondary N) is 3. The SMILES string of the molecule is COc1ccc2nccc(NC(=O)C[C@H]3CC[C@@H](NCc4ccc5c(c4)OCCO5)C(=O)N3)c2n1. The van der Waals surface area contributed by atoms with Crippen LogP contribution in [0.25, 0.3) is 11.0 Å². The molecule has 10 nitrogen and oxygen atoms in total. The van der Waals surface area contributed by atoms with E-state index in [1.807, 2.05) is 18.2 Å². The maximum Gasteiger partial charge on any atom is 0.237 e. The van der Waals surface area contributed by atoms with E-state index in [4.69, 9.17) is 14.2 Å². The van der Waals surface area contributed by atoms with Crippen molar-refractivity contribution in [3.63, 3.8) is 0 Å². The van der Waals surface area contributed by atoms with Crippen molar-refractivity contribution in [2.24, 2.45) is 0 Å². The van der Waals surface area contributed by atoms with Crippen molar-refractivity contribution < 1.29 is 23.8 Å². The molecule has 5 rings (SSSR count). The number of ether oxygens (including phenoxy) is 3. The van der Waals surface area contributed by atoms with Crippen LogP contribution in [0, 0.1) is 0 Å². The van der Waals surface area contributed by atoms with E-state index in [-0.39, 0.29) is 30.3 Å². The van der Waals surface area contributed by atoms with E-state index in [0.717, 1.165) is 17.1 Å². The van der Waals surface area contributed by atoms with Gasteiger partial charge in [0.2, 0.25) is 17.7 Å². The number of anilines is 1. The van der Waals surface area contributed by atoms with Crippen molar-refractivity contribution in [1.29, 1.82) is 0 Å². The van der Waals surface area contributed by atoms with Crippen molar-refractivity contribution >= 4 is 28.5 Å². The van der Waals surface area contributed by atoms with Crippen LogP contribution in [0.2, 0.25) is 0 Å². The maximum absolute atomic E-state index is 12.7. The molecule has 35 heavy (non-hydrogen) atoms. The van der Waals surface area contributed by atoms with Crippen molar-refractivity contribution in [3.05, 3.63) is 48.2 Å². The molecule has 0 saturated carbocycles. The van der Waals surface area contributed by atoms with Crippen LogP contribution in [0.1, 0.15) is 24.8 Å². The normalized spacial score (nSPS) is 19.2. The fourth-order valence-electron chi connectivity index (χ4n) is 4.31. The molecule has 3 aromatic rings. The smallest absolute Gasteiger partial charge is 0.237 e. The van der Waals surface area contributed by atoms with Gasteiger partial charge in [-0.05, 0) is 42.7 Å². The third-order valence-electron chi connectivity index (χ3n) is 6.10. The van der Waals surface area contributed by atoms with E-state index in [9.17, 15) is 9.59 Å². The van der Waals surface area contributed by atoms with Gasteiger partial charge >= 0.3 is 0 Å². The lowest BCUT2D eigenvalue weighted by molar-refractivity contribution is -0.126. The van der Waals surface area contributed by atoms with Crippen molar-refractivity contribution in [1.82, 2.24) is 20.6 Å². The molecular weight excluding hydrogens is 450 g/mol. The number of piperidine rings is 1. The summed E-state index contributed by atoms with van der Waals surface area (Å²) in [5.41, 5.74) is 2.77. The fraction of sp³-hybridized carbons (Fsp3) is 0.360. The summed E-state index contributed by atoms with van der Waals surface area (Å²) in [6.45, 7) is 1.62. The number of carbonyl (C=O) groups is 2. The molecule has 0 bridgehead atoms. The minimum atomic E-state index is -0.316. The Hall–Kier alpha value is -3.92. The van der Waals surface area contributed by atoms with Crippen molar-refractivity contribution in [3.8, 4) is 17.4 Å². The Balaban J connectivity index is 1.13. The van der Waals surface area contributed by atoms with E-state index in [1.54, 1.807) is 24.4 Å². The molecule has 2 aliphatic heterocycles. The fourth-order valence-corrected chi connectivity index (χ4v) is 4.31. The molecule has 2 atom stereocenters. The van der Waals surface area contributed by atoms with Gasteiger partial charge in [0.25, 0.3) is 0 Å². The molecule has 2 aromatic heterocycles. The minimum Gasteiger partial charge on any atom is -0.486 e. The summed E-state index contributed by atoms with van der Waals surface area (Å²) in [4.78, 5) is 34.0. The number of methoxy groups -OCH3 is 1. The van der Waals surface area contributed by atoms with Crippen LogP contribution in [0.15, 0.2) is 42.6 Å². The Kier molecular flexibility index (Phi) is 6.62. The monoisotopic (exact) mass is 477 g/mol. The number of amides is 2. The number of aromatic nitrogens is 2. The number of nitrogens with zero attached hydrogens (tertiary/aromatic N) is 2. The maximum atomic E-state index is 12.7. The van der Waals surface area contributed by atoms with Gasteiger partial charge in [-0.15, -0.1) is 0 Å². The topological polar surface area (TPSA) is 124 Å². The number of hydrogen-bond donors (Lipinski definition) is 3. The highest BCUT2D eigenvalue weighted by molar-refractivity contribution is 5.99. The molecule has 2 amide bonds. The Morgan fingerprint density at radius 1 is 1.14 bits per heavy atom. The first-order chi connectivity index (χ1) is 17.1. The molecule has 10 heteroatoms. The Morgan fingerprint density at radius 2 is 2.00 bits per heavy atom. The zero-order valence-electron chi connectivity index (χ0n) is 19.4. The van der Waals surface area contributed by atoms with Gasteiger partial charge in [-0.25, -0.2) is 4.98 Å². The third kappa shape index (κ3) is 5.27. The second-order valence-corrected chi connectivity index (χ2v) is 8.53. The summed E-state index contributed by atoms with van der Waals surface area (Å²) in [5, 5.41) is 9.17. The zero-order valence-corrected chi connectivity index (χ0v) is 19.4. The molecule has 0 spiro atoms. The average Bonchev–Trinajstić information content (AvgIpc) is 2.88. The second-order valence-electron chi connectivity index (χ2n) is 8.53. The Labute approximate surface area is 202 Å². The lowest BCUT2D eigenvalue weighted by atomic mass is 9.97. The number of rotatable bonds is 7. The molecule has 182 valence electrons. The van der Waals surface area contributed by atoms with Gasteiger partial charge in [0.15, 0.2) is 11.5 Å².